The molecule has 0 saturated heterocycles. The molecule has 0 aromatic heterocycles. The number of alkyl carbamates (subject to hydrolysis) is 1. The van der Waals surface area contributed by atoms with Crippen LogP contribution < -0.4 is 10.8 Å². The second-order valence-electron chi connectivity index (χ2n) is 7.91. The average Bonchev–Trinajstić information content (AvgIpc) is 2.74. The Labute approximate surface area is 176 Å². The van der Waals surface area contributed by atoms with E-state index in [1.54, 1.807) is 6.92 Å². The van der Waals surface area contributed by atoms with Gasteiger partial charge in [0.25, 0.3) is 0 Å². The van der Waals surface area contributed by atoms with Crippen LogP contribution in [0.4, 0.5) is 4.79 Å². The topological polar surface area (TPSA) is 96.9 Å². The van der Waals surface area contributed by atoms with Crippen LogP contribution in [0, 0.1) is 0 Å². The van der Waals surface area contributed by atoms with Crippen molar-refractivity contribution < 1.29 is 24.3 Å². The third-order valence-electron chi connectivity index (χ3n) is 5.17. The van der Waals surface area contributed by atoms with Crippen molar-refractivity contribution in [2.45, 2.75) is 56.9 Å². The first-order valence-electron chi connectivity index (χ1n) is 10.1. The van der Waals surface area contributed by atoms with Crippen LogP contribution in [-0.4, -0.2) is 34.9 Å². The number of carbonyl (C=O) groups excluding carboxylic acids is 2. The summed E-state index contributed by atoms with van der Waals surface area (Å²) in [6, 6.07) is 17.9. The summed E-state index contributed by atoms with van der Waals surface area (Å²) in [6.07, 6.45) is 0.963. The van der Waals surface area contributed by atoms with Crippen molar-refractivity contribution in [3.8, 4) is 0 Å². The van der Waals surface area contributed by atoms with Crippen LogP contribution in [0.3, 0.4) is 0 Å². The first-order valence-corrected chi connectivity index (χ1v) is 10.1. The number of hydrogen-bond acceptors (Lipinski definition) is 6. The highest BCUT2D eigenvalue weighted by Crippen LogP contribution is 2.28. The summed E-state index contributed by atoms with van der Waals surface area (Å²) in [6.45, 7) is 1.90. The number of nitrogens with one attached hydrogen (secondary N) is 2. The minimum Gasteiger partial charge on any atom is -0.445 e. The van der Waals surface area contributed by atoms with Gasteiger partial charge in [0.1, 0.15) is 6.61 Å². The van der Waals surface area contributed by atoms with Gasteiger partial charge in [-0.2, -0.15) is 0 Å². The molecule has 1 unspecified atom stereocenters. The first kappa shape index (κ1) is 21.8. The van der Waals surface area contributed by atoms with Crippen LogP contribution in [-0.2, 0) is 27.4 Å². The zero-order valence-electron chi connectivity index (χ0n) is 17.0. The largest absolute Gasteiger partial charge is 0.445 e. The fraction of sp³-hybridized carbons (Fsp3) is 0.391. The van der Waals surface area contributed by atoms with Crippen LogP contribution in [0.1, 0.15) is 37.3 Å². The monoisotopic (exact) mass is 412 g/mol. The minimum absolute atomic E-state index is 0.133. The molecule has 2 aromatic rings. The number of ether oxygens (including phenoxy) is 1. The number of hydrogen-bond donors (Lipinski definition) is 3. The molecule has 7 nitrogen and oxygen atoms in total. The van der Waals surface area contributed by atoms with E-state index in [4.69, 9.17) is 9.57 Å². The Bertz CT molecular complexity index is 826. The second kappa shape index (κ2) is 10.2. The Morgan fingerprint density at radius 3 is 2.33 bits per heavy atom. The van der Waals surface area contributed by atoms with Gasteiger partial charge in [0.15, 0.2) is 0 Å². The average molecular weight is 412 g/mol. The molecule has 160 valence electrons. The molecule has 0 aliphatic heterocycles. The van der Waals surface area contributed by atoms with Crippen LogP contribution >= 0.6 is 0 Å². The highest BCUT2D eigenvalue weighted by molar-refractivity contribution is 5.72. The van der Waals surface area contributed by atoms with E-state index in [1.165, 1.54) is 0 Å². The number of aliphatic hydroxyl groups is 1. The lowest BCUT2D eigenvalue weighted by Crippen LogP contribution is -2.57. The van der Waals surface area contributed by atoms with E-state index < -0.39 is 23.7 Å². The molecule has 2 aromatic carbocycles. The van der Waals surface area contributed by atoms with E-state index in [-0.39, 0.29) is 19.1 Å². The molecule has 1 saturated carbocycles. The lowest BCUT2D eigenvalue weighted by molar-refractivity contribution is -0.155. The van der Waals surface area contributed by atoms with Gasteiger partial charge >= 0.3 is 12.1 Å². The molecule has 1 aliphatic rings. The molecule has 7 heteroatoms. The standard InChI is InChI=1S/C23H28N2O5/c1-23(28)13-12-19(24-22(27)29-16-18-10-6-3-7-11-18)20(15-23)25-30-21(26)14-17-8-4-2-5-9-17/h2-11,19-20,25,28H,12-16H2,1H3,(H,24,27)/t19-,20+,23?/m0/s1. The maximum Gasteiger partial charge on any atom is 0.407 e. The van der Waals surface area contributed by atoms with E-state index in [2.05, 4.69) is 10.8 Å². The Kier molecular flexibility index (Phi) is 7.43. The lowest BCUT2D eigenvalue weighted by atomic mass is 9.80. The van der Waals surface area contributed by atoms with Gasteiger partial charge in [-0.25, -0.2) is 4.79 Å². The van der Waals surface area contributed by atoms with E-state index in [1.807, 2.05) is 60.7 Å². The Balaban J connectivity index is 1.51. The zero-order valence-corrected chi connectivity index (χ0v) is 17.0. The van der Waals surface area contributed by atoms with Crippen molar-refractivity contribution in [1.82, 2.24) is 10.8 Å². The maximum absolute atomic E-state index is 12.2. The minimum atomic E-state index is -0.907. The van der Waals surface area contributed by atoms with Crippen molar-refractivity contribution in [3.63, 3.8) is 0 Å². The molecule has 0 spiro atoms. The molecular weight excluding hydrogens is 384 g/mol. The van der Waals surface area contributed by atoms with E-state index in [0.29, 0.717) is 19.3 Å². The molecule has 1 aliphatic carbocycles. The highest BCUT2D eigenvalue weighted by atomic mass is 16.7. The summed E-state index contributed by atoms with van der Waals surface area (Å²) < 4.78 is 5.29. The molecular formula is C23H28N2O5. The summed E-state index contributed by atoms with van der Waals surface area (Å²) in [5, 5.41) is 13.2. The third-order valence-corrected chi connectivity index (χ3v) is 5.17. The second-order valence-corrected chi connectivity index (χ2v) is 7.91. The summed E-state index contributed by atoms with van der Waals surface area (Å²) >= 11 is 0. The predicted octanol–water partition coefficient (Wildman–Crippen LogP) is 2.88. The number of amides is 1. The van der Waals surface area contributed by atoms with E-state index >= 15 is 0 Å². The van der Waals surface area contributed by atoms with Gasteiger partial charge in [0.2, 0.25) is 0 Å². The van der Waals surface area contributed by atoms with Crippen LogP contribution in [0.15, 0.2) is 60.7 Å². The first-order chi connectivity index (χ1) is 14.4. The fourth-order valence-corrected chi connectivity index (χ4v) is 3.54. The van der Waals surface area contributed by atoms with Gasteiger partial charge < -0.3 is 20.0 Å². The predicted molar refractivity (Wildman–Crippen MR) is 111 cm³/mol. The van der Waals surface area contributed by atoms with Crippen LogP contribution in [0.25, 0.3) is 0 Å². The Hall–Kier alpha value is -2.90. The Morgan fingerprint density at radius 2 is 1.67 bits per heavy atom. The summed E-state index contributed by atoms with van der Waals surface area (Å²) in [4.78, 5) is 29.6. The number of carbonyl (C=O) groups is 2. The van der Waals surface area contributed by atoms with Crippen LogP contribution in [0.5, 0.6) is 0 Å². The van der Waals surface area contributed by atoms with Crippen molar-refractivity contribution in [3.05, 3.63) is 71.8 Å². The molecule has 3 rings (SSSR count). The molecule has 0 radical (unpaired) electrons. The van der Waals surface area contributed by atoms with Gasteiger partial charge in [-0.1, -0.05) is 60.7 Å². The van der Waals surface area contributed by atoms with Crippen molar-refractivity contribution >= 4 is 12.1 Å². The highest BCUT2D eigenvalue weighted by Gasteiger charge is 2.38. The number of hydroxylamine groups is 1. The van der Waals surface area contributed by atoms with Gasteiger partial charge in [0.05, 0.1) is 24.1 Å². The molecule has 1 amide bonds. The molecule has 3 N–H and O–H groups in total. The summed E-state index contributed by atoms with van der Waals surface area (Å²) in [5.41, 5.74) is 3.58. The fourth-order valence-electron chi connectivity index (χ4n) is 3.54. The number of rotatable bonds is 7. The van der Waals surface area contributed by atoms with Gasteiger partial charge in [-0.15, -0.1) is 5.48 Å². The number of benzene rings is 2. The SMILES string of the molecule is CC1(O)CC[C@H](NC(=O)OCc2ccccc2)[C@H](NOC(=O)Cc2ccccc2)C1. The zero-order chi connectivity index (χ0) is 21.4. The van der Waals surface area contributed by atoms with Crippen molar-refractivity contribution in [2.75, 3.05) is 0 Å². The third kappa shape index (κ3) is 6.86. The summed E-state index contributed by atoms with van der Waals surface area (Å²) in [5.74, 6) is -0.433. The van der Waals surface area contributed by atoms with E-state index in [0.717, 1.165) is 11.1 Å². The molecule has 30 heavy (non-hydrogen) atoms. The lowest BCUT2D eigenvalue weighted by Gasteiger charge is -2.39. The molecule has 1 fully saturated rings. The molecule has 3 atom stereocenters. The smallest absolute Gasteiger partial charge is 0.407 e. The van der Waals surface area contributed by atoms with Crippen molar-refractivity contribution in [1.29, 1.82) is 0 Å². The van der Waals surface area contributed by atoms with E-state index in [9.17, 15) is 14.7 Å². The normalized spacial score (nSPS) is 23.4. The van der Waals surface area contributed by atoms with Gasteiger partial charge in [-0.05, 0) is 37.3 Å². The maximum atomic E-state index is 12.2. The van der Waals surface area contributed by atoms with Gasteiger partial charge in [0, 0.05) is 0 Å². The van der Waals surface area contributed by atoms with Crippen LogP contribution in [0.2, 0.25) is 0 Å². The van der Waals surface area contributed by atoms with Gasteiger partial charge in [-0.3, -0.25) is 4.79 Å². The molecule has 0 heterocycles. The molecule has 0 bridgehead atoms. The van der Waals surface area contributed by atoms with Crippen molar-refractivity contribution in [2.24, 2.45) is 0 Å². The summed E-state index contributed by atoms with van der Waals surface area (Å²) in [7, 11) is 0. The quantitative estimate of drug-likeness (QED) is 0.605. The Morgan fingerprint density at radius 1 is 1.03 bits per heavy atom.